The Kier molecular flexibility index (Phi) is 2.71. The molecule has 80 valence electrons. The van der Waals surface area contributed by atoms with Crippen molar-refractivity contribution in [1.82, 2.24) is 4.98 Å². The van der Waals surface area contributed by atoms with E-state index in [0.29, 0.717) is 5.69 Å². The van der Waals surface area contributed by atoms with Crippen LogP contribution in [0, 0.1) is 0 Å². The molecule has 2 rings (SSSR count). The molecule has 1 aromatic rings. The number of anilines is 1. The highest BCUT2D eigenvalue weighted by Gasteiger charge is 2.14. The smallest absolute Gasteiger partial charge is 0.188 e. The number of hydrogen-bond donors (Lipinski definition) is 2. The van der Waals surface area contributed by atoms with E-state index in [0.717, 1.165) is 18.9 Å². The highest BCUT2D eigenvalue weighted by atomic mass is 16.4. The Morgan fingerprint density at radius 1 is 1.40 bits per heavy atom. The quantitative estimate of drug-likeness (QED) is 0.324. The molecule has 1 fully saturated rings. The maximum atomic E-state index is 8.55. The maximum absolute atomic E-state index is 8.55. The summed E-state index contributed by atoms with van der Waals surface area (Å²) in [5.74, 6) is 0.952. The summed E-state index contributed by atoms with van der Waals surface area (Å²) in [6.07, 6.45) is 2.41. The SMILES string of the molecule is NC(=NO)c1cccc(N2CCCC2)n1. The fraction of sp³-hybridized carbons (Fsp3) is 0.400. The van der Waals surface area contributed by atoms with Crippen LogP contribution in [-0.2, 0) is 0 Å². The third kappa shape index (κ3) is 2.01. The zero-order chi connectivity index (χ0) is 10.7. The van der Waals surface area contributed by atoms with Gasteiger partial charge in [0, 0.05) is 13.1 Å². The van der Waals surface area contributed by atoms with Crippen molar-refractivity contribution in [2.75, 3.05) is 18.0 Å². The van der Waals surface area contributed by atoms with Crippen LogP contribution < -0.4 is 10.6 Å². The molecule has 0 amide bonds. The monoisotopic (exact) mass is 206 g/mol. The van der Waals surface area contributed by atoms with Gasteiger partial charge in [-0.05, 0) is 25.0 Å². The van der Waals surface area contributed by atoms with E-state index in [-0.39, 0.29) is 5.84 Å². The van der Waals surface area contributed by atoms with Gasteiger partial charge in [-0.3, -0.25) is 0 Å². The molecule has 5 nitrogen and oxygen atoms in total. The van der Waals surface area contributed by atoms with Crippen molar-refractivity contribution in [3.8, 4) is 0 Å². The fourth-order valence-corrected chi connectivity index (χ4v) is 1.74. The highest BCUT2D eigenvalue weighted by molar-refractivity contribution is 5.95. The van der Waals surface area contributed by atoms with Crippen molar-refractivity contribution in [3.05, 3.63) is 23.9 Å². The van der Waals surface area contributed by atoms with E-state index in [9.17, 15) is 0 Å². The van der Waals surface area contributed by atoms with E-state index in [2.05, 4.69) is 15.0 Å². The molecule has 15 heavy (non-hydrogen) atoms. The molecular formula is C10H14N4O. The Bertz CT molecular complexity index is 371. The van der Waals surface area contributed by atoms with Gasteiger partial charge in [0.15, 0.2) is 5.84 Å². The summed E-state index contributed by atoms with van der Waals surface area (Å²) in [7, 11) is 0. The summed E-state index contributed by atoms with van der Waals surface area (Å²) in [6.45, 7) is 2.07. The number of nitrogens with two attached hydrogens (primary N) is 1. The molecule has 0 spiro atoms. The predicted octanol–water partition coefficient (Wildman–Crippen LogP) is 0.776. The van der Waals surface area contributed by atoms with Gasteiger partial charge in [-0.25, -0.2) is 4.98 Å². The van der Waals surface area contributed by atoms with Crippen molar-refractivity contribution in [1.29, 1.82) is 0 Å². The minimum absolute atomic E-state index is 0.0519. The van der Waals surface area contributed by atoms with Gasteiger partial charge in [0.05, 0.1) is 0 Å². The van der Waals surface area contributed by atoms with Crippen LogP contribution in [0.5, 0.6) is 0 Å². The largest absolute Gasteiger partial charge is 0.409 e. The van der Waals surface area contributed by atoms with Crippen molar-refractivity contribution < 1.29 is 5.21 Å². The second kappa shape index (κ2) is 4.16. The number of nitrogens with zero attached hydrogens (tertiary/aromatic N) is 3. The lowest BCUT2D eigenvalue weighted by Gasteiger charge is -2.16. The van der Waals surface area contributed by atoms with Gasteiger partial charge in [-0.15, -0.1) is 0 Å². The van der Waals surface area contributed by atoms with Gasteiger partial charge in [-0.2, -0.15) is 0 Å². The van der Waals surface area contributed by atoms with Gasteiger partial charge < -0.3 is 15.8 Å². The molecule has 0 aliphatic carbocycles. The Labute approximate surface area is 88.2 Å². The van der Waals surface area contributed by atoms with Crippen molar-refractivity contribution in [2.24, 2.45) is 10.9 Å². The normalized spacial score (nSPS) is 17.1. The minimum Gasteiger partial charge on any atom is -0.409 e. The number of pyridine rings is 1. The van der Waals surface area contributed by atoms with Crippen molar-refractivity contribution in [2.45, 2.75) is 12.8 Å². The number of amidine groups is 1. The summed E-state index contributed by atoms with van der Waals surface area (Å²) in [4.78, 5) is 6.54. The molecule has 1 saturated heterocycles. The number of hydrogen-bond acceptors (Lipinski definition) is 4. The number of oxime groups is 1. The summed E-state index contributed by atoms with van der Waals surface area (Å²) < 4.78 is 0. The maximum Gasteiger partial charge on any atom is 0.188 e. The summed E-state index contributed by atoms with van der Waals surface area (Å²) >= 11 is 0. The van der Waals surface area contributed by atoms with Crippen LogP contribution in [0.2, 0.25) is 0 Å². The molecule has 3 N–H and O–H groups in total. The lowest BCUT2D eigenvalue weighted by molar-refractivity contribution is 0.318. The first kappa shape index (κ1) is 9.76. The van der Waals surface area contributed by atoms with Crippen LogP contribution in [-0.4, -0.2) is 29.1 Å². The van der Waals surface area contributed by atoms with Gasteiger partial charge in [0.1, 0.15) is 11.5 Å². The molecule has 0 atom stereocenters. The van der Waals surface area contributed by atoms with Crippen molar-refractivity contribution >= 4 is 11.7 Å². The van der Waals surface area contributed by atoms with Crippen LogP contribution in [0.1, 0.15) is 18.5 Å². The third-order valence-electron chi connectivity index (χ3n) is 2.53. The molecule has 0 unspecified atom stereocenters. The lowest BCUT2D eigenvalue weighted by atomic mass is 10.3. The van der Waals surface area contributed by atoms with Crippen LogP contribution in [0.15, 0.2) is 23.4 Å². The Hall–Kier alpha value is -1.78. The van der Waals surface area contributed by atoms with Crippen LogP contribution >= 0.6 is 0 Å². The van der Waals surface area contributed by atoms with Gasteiger partial charge >= 0.3 is 0 Å². The van der Waals surface area contributed by atoms with Crippen LogP contribution in [0.4, 0.5) is 5.82 Å². The molecule has 1 aliphatic heterocycles. The Morgan fingerprint density at radius 2 is 2.13 bits per heavy atom. The first-order valence-electron chi connectivity index (χ1n) is 5.01. The Balaban J connectivity index is 2.25. The lowest BCUT2D eigenvalue weighted by Crippen LogP contribution is -2.21. The molecule has 1 aromatic heterocycles. The second-order valence-electron chi connectivity index (χ2n) is 3.56. The van der Waals surface area contributed by atoms with E-state index in [4.69, 9.17) is 10.9 Å². The van der Waals surface area contributed by atoms with Crippen molar-refractivity contribution in [3.63, 3.8) is 0 Å². The van der Waals surface area contributed by atoms with Gasteiger partial charge in [-0.1, -0.05) is 11.2 Å². The van der Waals surface area contributed by atoms with Crippen LogP contribution in [0.25, 0.3) is 0 Å². The minimum atomic E-state index is 0.0519. The average molecular weight is 206 g/mol. The van der Waals surface area contributed by atoms with Gasteiger partial charge in [0.25, 0.3) is 0 Å². The first-order chi connectivity index (χ1) is 7.31. The second-order valence-corrected chi connectivity index (χ2v) is 3.56. The van der Waals surface area contributed by atoms with E-state index >= 15 is 0 Å². The highest BCUT2D eigenvalue weighted by Crippen LogP contribution is 2.17. The van der Waals surface area contributed by atoms with Crippen LogP contribution in [0.3, 0.4) is 0 Å². The van der Waals surface area contributed by atoms with Gasteiger partial charge in [0.2, 0.25) is 0 Å². The molecule has 5 heteroatoms. The first-order valence-corrected chi connectivity index (χ1v) is 5.01. The summed E-state index contributed by atoms with van der Waals surface area (Å²) in [6, 6.07) is 5.54. The molecular weight excluding hydrogens is 192 g/mol. The summed E-state index contributed by atoms with van der Waals surface area (Å²) in [5.41, 5.74) is 6.00. The standard InChI is InChI=1S/C10H14N4O/c11-10(13-15)8-4-3-5-9(12-8)14-6-1-2-7-14/h3-5,15H,1-2,6-7H2,(H2,11,13). The zero-order valence-corrected chi connectivity index (χ0v) is 8.43. The molecule has 0 aromatic carbocycles. The third-order valence-corrected chi connectivity index (χ3v) is 2.53. The average Bonchev–Trinajstić information content (AvgIpc) is 2.82. The number of aromatic nitrogens is 1. The molecule has 0 saturated carbocycles. The van der Waals surface area contributed by atoms with E-state index in [1.54, 1.807) is 6.07 Å². The fourth-order valence-electron chi connectivity index (χ4n) is 1.74. The summed E-state index contributed by atoms with van der Waals surface area (Å²) in [5, 5.41) is 11.5. The van der Waals surface area contributed by atoms with E-state index in [1.165, 1.54) is 12.8 Å². The Morgan fingerprint density at radius 3 is 2.80 bits per heavy atom. The molecule has 0 radical (unpaired) electrons. The topological polar surface area (TPSA) is 74.7 Å². The van der Waals surface area contributed by atoms with E-state index in [1.807, 2.05) is 12.1 Å². The molecule has 2 heterocycles. The predicted molar refractivity (Wildman–Crippen MR) is 58.2 cm³/mol. The zero-order valence-electron chi connectivity index (χ0n) is 8.43. The number of rotatable bonds is 2. The van der Waals surface area contributed by atoms with E-state index < -0.39 is 0 Å². The molecule has 0 bridgehead atoms. The molecule has 1 aliphatic rings.